The number of nitrogens with zero attached hydrogens (tertiary/aromatic N) is 2. The Kier molecular flexibility index (Phi) is 5.25. The van der Waals surface area contributed by atoms with Crippen molar-refractivity contribution in [3.63, 3.8) is 0 Å². The molecular weight excluding hydrogens is 364 g/mol. The zero-order valence-corrected chi connectivity index (χ0v) is 16.2. The summed E-state index contributed by atoms with van der Waals surface area (Å²) in [7, 11) is 1.62. The van der Waals surface area contributed by atoms with E-state index in [2.05, 4.69) is 17.9 Å². The van der Waals surface area contributed by atoms with Crippen molar-refractivity contribution in [1.82, 2.24) is 4.90 Å². The van der Waals surface area contributed by atoms with Gasteiger partial charge in [-0.15, -0.1) is 0 Å². The lowest BCUT2D eigenvalue weighted by molar-refractivity contribution is -0.148. The van der Waals surface area contributed by atoms with Crippen molar-refractivity contribution in [2.45, 2.75) is 30.8 Å². The largest absolute Gasteiger partial charge is 0.495 e. The number of amides is 1. The molecule has 2 aromatic carbocycles. The van der Waals surface area contributed by atoms with Gasteiger partial charge < -0.3 is 14.7 Å². The normalized spacial score (nSPS) is 22.7. The zero-order chi connectivity index (χ0) is 20.4. The van der Waals surface area contributed by atoms with Gasteiger partial charge in [-0.1, -0.05) is 36.1 Å². The standard InChI is InChI=1S/C24H22N2O3/c1-29-22-5-3-2-4-17(22)9-6-16-7-10-18(11-8-16)23-20(14-25)26(21(23)15-27)24(28)19-12-13-19/h2-5,7-8,10-11,19-21,23,27H,12-13,15H2,1H3/t20-,21-,23-/m1/s1. The van der Waals surface area contributed by atoms with Crippen LogP contribution in [0.5, 0.6) is 5.75 Å². The van der Waals surface area contributed by atoms with Gasteiger partial charge in [0.25, 0.3) is 0 Å². The Bertz CT molecular complexity index is 1010. The van der Waals surface area contributed by atoms with E-state index in [0.717, 1.165) is 35.3 Å². The molecule has 1 aliphatic heterocycles. The maximum atomic E-state index is 12.5. The third-order valence-electron chi connectivity index (χ3n) is 5.66. The third kappa shape index (κ3) is 3.58. The molecule has 1 aliphatic carbocycles. The van der Waals surface area contributed by atoms with Crippen LogP contribution in [0.25, 0.3) is 0 Å². The maximum absolute atomic E-state index is 12.5. The first kappa shape index (κ1) is 19.1. The molecule has 5 nitrogen and oxygen atoms in total. The Hall–Kier alpha value is -3.28. The van der Waals surface area contributed by atoms with Crippen LogP contribution in [-0.4, -0.2) is 41.7 Å². The molecule has 0 spiro atoms. The van der Waals surface area contributed by atoms with Crippen molar-refractivity contribution in [3.05, 3.63) is 65.2 Å². The fourth-order valence-electron chi connectivity index (χ4n) is 3.93. The van der Waals surface area contributed by atoms with E-state index in [4.69, 9.17) is 4.74 Å². The van der Waals surface area contributed by atoms with E-state index in [0.29, 0.717) is 0 Å². The Balaban J connectivity index is 1.53. The molecule has 2 aromatic rings. The van der Waals surface area contributed by atoms with Gasteiger partial charge in [0.1, 0.15) is 11.8 Å². The molecule has 1 amide bonds. The summed E-state index contributed by atoms with van der Waals surface area (Å²) in [6.07, 6.45) is 1.77. The summed E-state index contributed by atoms with van der Waals surface area (Å²) in [5.41, 5.74) is 2.61. The van der Waals surface area contributed by atoms with Gasteiger partial charge in [-0.3, -0.25) is 4.79 Å². The summed E-state index contributed by atoms with van der Waals surface area (Å²) in [5.74, 6) is 6.84. The minimum Gasteiger partial charge on any atom is -0.495 e. The Labute approximate surface area is 170 Å². The second-order valence-electron chi connectivity index (χ2n) is 7.44. The topological polar surface area (TPSA) is 73.6 Å². The lowest BCUT2D eigenvalue weighted by atomic mass is 9.75. The Morgan fingerprint density at radius 3 is 2.52 bits per heavy atom. The van der Waals surface area contributed by atoms with E-state index in [1.165, 1.54) is 0 Å². The molecule has 2 aliphatic rings. The van der Waals surface area contributed by atoms with Crippen LogP contribution in [0.15, 0.2) is 48.5 Å². The van der Waals surface area contributed by atoms with Gasteiger partial charge in [0.2, 0.25) is 5.91 Å². The summed E-state index contributed by atoms with van der Waals surface area (Å²) in [5, 5.41) is 19.4. The summed E-state index contributed by atoms with van der Waals surface area (Å²) in [6, 6.07) is 16.7. The van der Waals surface area contributed by atoms with Crippen molar-refractivity contribution >= 4 is 5.91 Å². The molecule has 3 atom stereocenters. The first-order valence-electron chi connectivity index (χ1n) is 9.75. The number of hydrogen-bond donors (Lipinski definition) is 1. The molecule has 1 N–H and O–H groups in total. The van der Waals surface area contributed by atoms with E-state index in [9.17, 15) is 15.2 Å². The molecule has 146 valence electrons. The van der Waals surface area contributed by atoms with Crippen LogP contribution in [0, 0.1) is 29.1 Å². The number of aliphatic hydroxyl groups is 1. The monoisotopic (exact) mass is 386 g/mol. The second-order valence-corrected chi connectivity index (χ2v) is 7.44. The number of hydrogen-bond acceptors (Lipinski definition) is 4. The third-order valence-corrected chi connectivity index (χ3v) is 5.66. The van der Waals surface area contributed by atoms with Gasteiger partial charge in [-0.05, 0) is 42.7 Å². The highest BCUT2D eigenvalue weighted by Gasteiger charge is 2.53. The molecule has 1 heterocycles. The number of aliphatic hydroxyl groups excluding tert-OH is 1. The van der Waals surface area contributed by atoms with Gasteiger partial charge in [-0.2, -0.15) is 5.26 Å². The maximum Gasteiger partial charge on any atom is 0.227 e. The molecule has 2 fully saturated rings. The molecule has 0 aromatic heterocycles. The van der Waals surface area contributed by atoms with Gasteiger partial charge in [-0.25, -0.2) is 0 Å². The highest BCUT2D eigenvalue weighted by molar-refractivity contribution is 5.83. The van der Waals surface area contributed by atoms with E-state index >= 15 is 0 Å². The first-order chi connectivity index (χ1) is 14.2. The summed E-state index contributed by atoms with van der Waals surface area (Å²) in [4.78, 5) is 14.0. The predicted octanol–water partition coefficient (Wildman–Crippen LogP) is 2.68. The molecular formula is C24H22N2O3. The number of benzene rings is 2. The molecule has 1 saturated carbocycles. The summed E-state index contributed by atoms with van der Waals surface area (Å²) < 4.78 is 5.32. The van der Waals surface area contributed by atoms with Crippen molar-refractivity contribution in [2.75, 3.05) is 13.7 Å². The van der Waals surface area contributed by atoms with Crippen LogP contribution in [-0.2, 0) is 4.79 Å². The minimum absolute atomic E-state index is 0.00569. The molecule has 0 radical (unpaired) electrons. The van der Waals surface area contributed by atoms with Crippen LogP contribution in [0.4, 0.5) is 0 Å². The van der Waals surface area contributed by atoms with Gasteiger partial charge in [0.15, 0.2) is 0 Å². The van der Waals surface area contributed by atoms with Crippen LogP contribution >= 0.6 is 0 Å². The fraction of sp³-hybridized carbons (Fsp3) is 0.333. The second kappa shape index (κ2) is 7.99. The van der Waals surface area contributed by atoms with E-state index in [1.54, 1.807) is 12.0 Å². The average Bonchev–Trinajstić information content (AvgIpc) is 3.58. The number of likely N-dealkylation sites (tertiary alicyclic amines) is 1. The van der Waals surface area contributed by atoms with Crippen LogP contribution in [0.1, 0.15) is 35.4 Å². The van der Waals surface area contributed by atoms with Crippen molar-refractivity contribution < 1.29 is 14.6 Å². The number of rotatable bonds is 4. The number of para-hydroxylation sites is 1. The zero-order valence-electron chi connectivity index (χ0n) is 16.2. The average molecular weight is 386 g/mol. The van der Waals surface area contributed by atoms with Crippen molar-refractivity contribution in [2.24, 2.45) is 5.92 Å². The lowest BCUT2D eigenvalue weighted by Crippen LogP contribution is -2.65. The first-order valence-corrected chi connectivity index (χ1v) is 9.75. The molecule has 4 rings (SSSR count). The predicted molar refractivity (Wildman–Crippen MR) is 108 cm³/mol. The van der Waals surface area contributed by atoms with E-state index < -0.39 is 6.04 Å². The highest BCUT2D eigenvalue weighted by Crippen LogP contribution is 2.44. The number of carbonyl (C=O) groups excluding carboxylic acids is 1. The highest BCUT2D eigenvalue weighted by atomic mass is 16.5. The number of methoxy groups -OCH3 is 1. The molecule has 0 unspecified atom stereocenters. The SMILES string of the molecule is COc1ccccc1C#Cc1ccc([C@@H]2[C@@H](C#N)N(C(=O)C3CC3)[C@@H]2CO)cc1. The number of nitriles is 1. The van der Waals surface area contributed by atoms with Gasteiger partial charge >= 0.3 is 0 Å². The lowest BCUT2D eigenvalue weighted by Gasteiger charge is -2.51. The molecule has 5 heteroatoms. The summed E-state index contributed by atoms with van der Waals surface area (Å²) in [6.45, 7) is -0.142. The molecule has 1 saturated heterocycles. The van der Waals surface area contributed by atoms with Gasteiger partial charge in [0.05, 0.1) is 31.4 Å². The fourth-order valence-corrected chi connectivity index (χ4v) is 3.93. The molecule has 29 heavy (non-hydrogen) atoms. The smallest absolute Gasteiger partial charge is 0.227 e. The van der Waals surface area contributed by atoms with Crippen LogP contribution in [0.2, 0.25) is 0 Å². The summed E-state index contributed by atoms with van der Waals surface area (Å²) >= 11 is 0. The molecule has 0 bridgehead atoms. The van der Waals surface area contributed by atoms with Gasteiger partial charge in [0, 0.05) is 17.4 Å². The number of ether oxygens (including phenoxy) is 1. The van der Waals surface area contributed by atoms with Crippen molar-refractivity contribution in [3.8, 4) is 23.7 Å². The van der Waals surface area contributed by atoms with E-state index in [1.807, 2.05) is 48.5 Å². The number of carbonyl (C=O) groups is 1. The quantitative estimate of drug-likeness (QED) is 0.820. The van der Waals surface area contributed by atoms with Crippen LogP contribution in [0.3, 0.4) is 0 Å². The van der Waals surface area contributed by atoms with E-state index in [-0.39, 0.29) is 30.4 Å². The minimum atomic E-state index is -0.522. The Morgan fingerprint density at radius 2 is 1.90 bits per heavy atom. The van der Waals surface area contributed by atoms with Crippen molar-refractivity contribution in [1.29, 1.82) is 5.26 Å². The Morgan fingerprint density at radius 1 is 1.17 bits per heavy atom. The van der Waals surface area contributed by atoms with Crippen LogP contribution < -0.4 is 4.74 Å².